The Morgan fingerprint density at radius 3 is 2.61 bits per heavy atom. The third kappa shape index (κ3) is 5.65. The maximum atomic E-state index is 11.5. The predicted octanol–water partition coefficient (Wildman–Crippen LogP) is -0.0402. The van der Waals surface area contributed by atoms with Gasteiger partial charge in [0.1, 0.15) is 12.3 Å². The van der Waals surface area contributed by atoms with Crippen molar-refractivity contribution < 1.29 is 14.0 Å². The first kappa shape index (κ1) is 16.9. The quantitative estimate of drug-likeness (QED) is 0.304. The molecule has 0 radical (unpaired) electrons. The molecule has 2 rings (SSSR count). The number of hydrogen-bond donors (Lipinski definition) is 4. The molecule has 1 aromatic heterocycles. The van der Waals surface area contributed by atoms with Crippen LogP contribution in [0.1, 0.15) is 36.1 Å². The van der Waals surface area contributed by atoms with Crippen molar-refractivity contribution in [3.63, 3.8) is 0 Å². The molecule has 0 aromatic carbocycles. The summed E-state index contributed by atoms with van der Waals surface area (Å²) >= 11 is 0. The summed E-state index contributed by atoms with van der Waals surface area (Å²) in [6.45, 7) is 4.09. The van der Waals surface area contributed by atoms with Crippen LogP contribution in [0.4, 0.5) is 0 Å². The third-order valence-electron chi connectivity index (χ3n) is 3.31. The normalized spacial score (nSPS) is 14.4. The van der Waals surface area contributed by atoms with Crippen LogP contribution in [-0.4, -0.2) is 37.4 Å². The molecular formula is C15H23N5O3. The molecule has 1 heterocycles. The van der Waals surface area contributed by atoms with Crippen molar-refractivity contribution in [2.75, 3.05) is 19.6 Å². The fourth-order valence-corrected chi connectivity index (χ4v) is 1.95. The molecule has 8 nitrogen and oxygen atoms in total. The van der Waals surface area contributed by atoms with Gasteiger partial charge in [-0.1, -0.05) is 0 Å². The minimum absolute atomic E-state index is 0.121. The summed E-state index contributed by atoms with van der Waals surface area (Å²) in [5, 5.41) is 9.10. The van der Waals surface area contributed by atoms with Crippen molar-refractivity contribution >= 4 is 17.8 Å². The molecule has 23 heavy (non-hydrogen) atoms. The Labute approximate surface area is 134 Å². The van der Waals surface area contributed by atoms with Gasteiger partial charge in [-0.3, -0.25) is 9.59 Å². The lowest BCUT2D eigenvalue weighted by atomic mass is 10.4. The van der Waals surface area contributed by atoms with E-state index in [0.717, 1.165) is 12.8 Å². The second-order valence-electron chi connectivity index (χ2n) is 5.32. The predicted molar refractivity (Wildman–Crippen MR) is 85.8 cm³/mol. The van der Waals surface area contributed by atoms with Crippen LogP contribution >= 0.6 is 0 Å². The summed E-state index contributed by atoms with van der Waals surface area (Å²) in [6, 6.07) is 3.20. The highest BCUT2D eigenvalue weighted by Gasteiger charge is 2.28. The Balaban J connectivity index is 1.76. The lowest BCUT2D eigenvalue weighted by Gasteiger charge is -2.11. The molecule has 5 N–H and O–H groups in total. The molecule has 1 aromatic rings. The van der Waals surface area contributed by atoms with Crippen LogP contribution in [0.3, 0.4) is 0 Å². The third-order valence-corrected chi connectivity index (χ3v) is 3.31. The summed E-state index contributed by atoms with van der Waals surface area (Å²) in [7, 11) is 0. The highest BCUT2D eigenvalue weighted by atomic mass is 16.3. The van der Waals surface area contributed by atoms with Crippen LogP contribution in [0.25, 0.3) is 0 Å². The van der Waals surface area contributed by atoms with Gasteiger partial charge in [0.05, 0.1) is 0 Å². The van der Waals surface area contributed by atoms with Crippen LogP contribution in [0.2, 0.25) is 0 Å². The van der Waals surface area contributed by atoms with E-state index in [9.17, 15) is 9.59 Å². The van der Waals surface area contributed by atoms with Gasteiger partial charge in [-0.05, 0) is 31.9 Å². The molecule has 1 aliphatic carbocycles. The second-order valence-corrected chi connectivity index (χ2v) is 5.32. The largest absolute Gasteiger partial charge is 0.454 e. The molecule has 0 saturated heterocycles. The van der Waals surface area contributed by atoms with E-state index in [4.69, 9.17) is 10.2 Å². The SMILES string of the molecule is CCNC(=NCc1ccc(C(N)=O)o1)NCCNC(=O)C1CC1. The molecule has 8 heteroatoms. The monoisotopic (exact) mass is 321 g/mol. The van der Waals surface area contributed by atoms with Gasteiger partial charge in [-0.25, -0.2) is 4.99 Å². The van der Waals surface area contributed by atoms with Gasteiger partial charge < -0.3 is 26.1 Å². The number of carbonyl (C=O) groups is 2. The zero-order chi connectivity index (χ0) is 16.7. The first-order valence-electron chi connectivity index (χ1n) is 7.78. The van der Waals surface area contributed by atoms with Gasteiger partial charge in [0, 0.05) is 25.6 Å². The zero-order valence-electron chi connectivity index (χ0n) is 13.2. The lowest BCUT2D eigenvalue weighted by Crippen LogP contribution is -2.41. The Hall–Kier alpha value is -2.51. The number of primary amides is 1. The van der Waals surface area contributed by atoms with E-state index < -0.39 is 5.91 Å². The van der Waals surface area contributed by atoms with Crippen LogP contribution in [0.5, 0.6) is 0 Å². The fourth-order valence-electron chi connectivity index (χ4n) is 1.95. The average molecular weight is 321 g/mol. The number of amides is 2. The summed E-state index contributed by atoms with van der Waals surface area (Å²) in [4.78, 5) is 26.8. The molecule has 1 saturated carbocycles. The standard InChI is InChI=1S/C15H23N5O3/c1-2-17-15(19-8-7-18-14(22)10-3-4-10)20-9-11-5-6-12(23-11)13(16)21/h5-6,10H,2-4,7-9H2,1H3,(H2,16,21)(H,18,22)(H2,17,19,20). The zero-order valence-corrected chi connectivity index (χ0v) is 13.2. The van der Waals surface area contributed by atoms with Crippen molar-refractivity contribution in [1.29, 1.82) is 0 Å². The molecule has 0 bridgehead atoms. The summed E-state index contributed by atoms with van der Waals surface area (Å²) < 4.78 is 5.27. The number of furan rings is 1. The van der Waals surface area contributed by atoms with Crippen molar-refractivity contribution in [3.8, 4) is 0 Å². The Bertz CT molecular complexity index is 577. The topological polar surface area (TPSA) is 122 Å². The van der Waals surface area contributed by atoms with Gasteiger partial charge >= 0.3 is 0 Å². The number of hydrogen-bond acceptors (Lipinski definition) is 4. The second kappa shape index (κ2) is 8.21. The average Bonchev–Trinajstić information content (AvgIpc) is 3.27. The van der Waals surface area contributed by atoms with Gasteiger partial charge in [-0.2, -0.15) is 0 Å². The highest BCUT2D eigenvalue weighted by molar-refractivity contribution is 5.89. The first-order valence-corrected chi connectivity index (χ1v) is 7.78. The maximum absolute atomic E-state index is 11.5. The molecule has 0 spiro atoms. The van der Waals surface area contributed by atoms with Crippen LogP contribution in [0.15, 0.2) is 21.5 Å². The van der Waals surface area contributed by atoms with Gasteiger partial charge in [0.15, 0.2) is 11.7 Å². The molecule has 126 valence electrons. The van der Waals surface area contributed by atoms with Crippen LogP contribution in [-0.2, 0) is 11.3 Å². The Kier molecular flexibility index (Phi) is 6.02. The molecule has 0 aliphatic heterocycles. The highest BCUT2D eigenvalue weighted by Crippen LogP contribution is 2.28. The van der Waals surface area contributed by atoms with Gasteiger partial charge in [0.25, 0.3) is 5.91 Å². The molecule has 2 amide bonds. The number of aliphatic imine (C=N–C) groups is 1. The van der Waals surface area contributed by atoms with E-state index in [1.165, 1.54) is 6.07 Å². The summed E-state index contributed by atoms with van der Waals surface area (Å²) in [6.07, 6.45) is 2.00. The van der Waals surface area contributed by atoms with E-state index in [1.807, 2.05) is 6.92 Å². The first-order chi connectivity index (χ1) is 11.1. The molecule has 0 atom stereocenters. The van der Waals surface area contributed by atoms with Crippen LogP contribution in [0, 0.1) is 5.92 Å². The molecule has 0 unspecified atom stereocenters. The smallest absolute Gasteiger partial charge is 0.284 e. The summed E-state index contributed by atoms with van der Waals surface area (Å²) in [5.41, 5.74) is 5.13. The Morgan fingerprint density at radius 2 is 2.00 bits per heavy atom. The Morgan fingerprint density at radius 1 is 1.26 bits per heavy atom. The van der Waals surface area contributed by atoms with E-state index in [1.54, 1.807) is 6.07 Å². The van der Waals surface area contributed by atoms with E-state index in [0.29, 0.717) is 31.4 Å². The summed E-state index contributed by atoms with van der Waals surface area (Å²) in [5.74, 6) is 1.04. The molecule has 1 fully saturated rings. The van der Waals surface area contributed by atoms with Gasteiger partial charge in [-0.15, -0.1) is 0 Å². The number of carbonyl (C=O) groups excluding carboxylic acids is 2. The minimum Gasteiger partial charge on any atom is -0.454 e. The van der Waals surface area contributed by atoms with E-state index in [-0.39, 0.29) is 24.1 Å². The van der Waals surface area contributed by atoms with Crippen molar-refractivity contribution in [3.05, 3.63) is 23.7 Å². The molecule has 1 aliphatic rings. The van der Waals surface area contributed by atoms with E-state index in [2.05, 4.69) is 20.9 Å². The van der Waals surface area contributed by atoms with Crippen molar-refractivity contribution in [1.82, 2.24) is 16.0 Å². The number of rotatable bonds is 8. The number of nitrogens with zero attached hydrogens (tertiary/aromatic N) is 1. The maximum Gasteiger partial charge on any atom is 0.284 e. The molecular weight excluding hydrogens is 298 g/mol. The lowest BCUT2D eigenvalue weighted by molar-refractivity contribution is -0.122. The van der Waals surface area contributed by atoms with E-state index >= 15 is 0 Å². The van der Waals surface area contributed by atoms with Crippen LogP contribution < -0.4 is 21.7 Å². The van der Waals surface area contributed by atoms with Gasteiger partial charge in [0.2, 0.25) is 5.91 Å². The minimum atomic E-state index is -0.600. The number of guanidine groups is 1. The van der Waals surface area contributed by atoms with Crippen molar-refractivity contribution in [2.45, 2.75) is 26.3 Å². The number of nitrogens with two attached hydrogens (primary N) is 1. The fraction of sp³-hybridized carbons (Fsp3) is 0.533. The van der Waals surface area contributed by atoms with Crippen molar-refractivity contribution in [2.24, 2.45) is 16.6 Å². The number of nitrogens with one attached hydrogen (secondary N) is 3.